The fraction of sp³-hybridized carbons (Fsp3) is 0.452. The number of benzene rings is 2. The average molecular weight is 831 g/mol. The van der Waals surface area contributed by atoms with Crippen molar-refractivity contribution >= 4 is 101 Å². The van der Waals surface area contributed by atoms with Gasteiger partial charge in [0, 0.05) is 66.6 Å². The normalized spacial score (nSPS) is 15.0. The number of hydrogen-bond donors (Lipinski definition) is 1. The molecular formula is C31H34Cl2F6N4NaO6S2. The third-order valence-corrected chi connectivity index (χ3v) is 10.4. The Hall–Kier alpha value is -2.03. The molecule has 0 fully saturated rings. The zero-order valence-electron chi connectivity index (χ0n) is 28.2. The summed E-state index contributed by atoms with van der Waals surface area (Å²) in [6.07, 6.45) is -4.62. The van der Waals surface area contributed by atoms with Crippen molar-refractivity contribution in [3.05, 3.63) is 69.2 Å². The molecule has 0 aliphatic carbocycles. The number of alkyl halides is 6. The van der Waals surface area contributed by atoms with Gasteiger partial charge in [-0.05, 0) is 57.7 Å². The molecule has 52 heavy (non-hydrogen) atoms. The van der Waals surface area contributed by atoms with Gasteiger partial charge in [0.15, 0.2) is 11.0 Å². The van der Waals surface area contributed by atoms with E-state index >= 15 is 0 Å². The van der Waals surface area contributed by atoms with Gasteiger partial charge >= 0.3 is 12.4 Å². The first-order chi connectivity index (χ1) is 23.6. The fourth-order valence-electron chi connectivity index (χ4n) is 6.00. The van der Waals surface area contributed by atoms with Crippen molar-refractivity contribution in [3.8, 4) is 0 Å². The molecule has 2 heterocycles. The number of aromatic nitrogens is 2. The third kappa shape index (κ3) is 10.6. The smallest absolute Gasteiger partial charge is 0.418 e. The zero-order chi connectivity index (χ0) is 38.1. The van der Waals surface area contributed by atoms with Crippen molar-refractivity contribution < 1.29 is 56.9 Å². The van der Waals surface area contributed by atoms with E-state index in [0.29, 0.717) is 22.8 Å². The van der Waals surface area contributed by atoms with Crippen LogP contribution in [0.25, 0.3) is 17.1 Å². The monoisotopic (exact) mass is 829 g/mol. The molecule has 0 amide bonds. The van der Waals surface area contributed by atoms with E-state index in [2.05, 4.69) is 0 Å². The minimum atomic E-state index is -4.78. The molecule has 0 saturated carbocycles. The fourth-order valence-corrected chi connectivity index (χ4v) is 7.66. The van der Waals surface area contributed by atoms with E-state index < -0.39 is 65.3 Å². The summed E-state index contributed by atoms with van der Waals surface area (Å²) in [6.45, 7) is 4.11. The van der Waals surface area contributed by atoms with E-state index in [9.17, 15) is 47.7 Å². The molecule has 0 bridgehead atoms. The summed E-state index contributed by atoms with van der Waals surface area (Å²) in [7, 11) is -8.80. The first kappa shape index (κ1) is 44.4. The second kappa shape index (κ2) is 17.2. The van der Waals surface area contributed by atoms with Gasteiger partial charge in [-0.15, -0.1) is 0 Å². The Labute approximate surface area is 329 Å². The Bertz CT molecular complexity index is 2070. The summed E-state index contributed by atoms with van der Waals surface area (Å²) in [5.41, 5.74) is -1.16. The van der Waals surface area contributed by atoms with Crippen molar-refractivity contribution in [2.45, 2.75) is 65.0 Å². The van der Waals surface area contributed by atoms with Crippen LogP contribution in [0.15, 0.2) is 42.2 Å². The van der Waals surface area contributed by atoms with Crippen LogP contribution in [0, 0.1) is 0 Å². The van der Waals surface area contributed by atoms with Gasteiger partial charge in [0.05, 0.1) is 61.5 Å². The number of fused-ring (bicyclic) bond motifs is 2. The molecule has 1 aliphatic heterocycles. The van der Waals surface area contributed by atoms with E-state index in [-0.39, 0.29) is 92.6 Å². The Kier molecular flexibility index (Phi) is 14.7. The van der Waals surface area contributed by atoms with E-state index in [1.807, 2.05) is 0 Å². The van der Waals surface area contributed by atoms with E-state index in [0.717, 1.165) is 12.1 Å². The van der Waals surface area contributed by atoms with Crippen molar-refractivity contribution in [1.29, 1.82) is 0 Å². The predicted molar refractivity (Wildman–Crippen MR) is 187 cm³/mol. The van der Waals surface area contributed by atoms with Gasteiger partial charge in [0.25, 0.3) is 15.9 Å². The molecule has 0 atom stereocenters. The summed E-state index contributed by atoms with van der Waals surface area (Å²) in [4.78, 5) is 3.23. The first-order valence-corrected chi connectivity index (χ1v) is 19.6. The number of anilines is 2. The van der Waals surface area contributed by atoms with Crippen molar-refractivity contribution in [1.82, 2.24) is 4.57 Å². The van der Waals surface area contributed by atoms with Gasteiger partial charge in [-0.2, -0.15) is 34.8 Å². The molecule has 1 radical (unpaired) electrons. The summed E-state index contributed by atoms with van der Waals surface area (Å²) in [5.74, 6) is -0.448. The largest absolute Gasteiger partial charge is 0.748 e. The number of aryl methyl sites for hydroxylation is 2. The van der Waals surface area contributed by atoms with Crippen LogP contribution < -0.4 is 14.4 Å². The van der Waals surface area contributed by atoms with Gasteiger partial charge in [-0.1, -0.05) is 29.3 Å². The number of unbranched alkanes of at least 4 members (excludes halogenated alkanes) is 2. The number of hydrogen-bond acceptors (Lipinski definition) is 7. The minimum Gasteiger partial charge on any atom is -0.748 e. The van der Waals surface area contributed by atoms with E-state index in [1.165, 1.54) is 12.1 Å². The molecule has 1 aromatic heterocycles. The van der Waals surface area contributed by atoms with Crippen LogP contribution >= 0.6 is 23.2 Å². The van der Waals surface area contributed by atoms with Crippen molar-refractivity contribution in [3.63, 3.8) is 0 Å². The molecule has 1 N–H and O–H groups in total. The van der Waals surface area contributed by atoms with E-state index in [1.54, 1.807) is 51.0 Å². The Morgan fingerprint density at radius 2 is 1.40 bits per heavy atom. The Morgan fingerprint density at radius 1 is 0.827 bits per heavy atom. The molecule has 1 aliphatic rings. The average Bonchev–Trinajstić information content (AvgIpc) is 3.44. The van der Waals surface area contributed by atoms with Crippen LogP contribution in [0.5, 0.6) is 0 Å². The number of imidazole rings is 1. The summed E-state index contributed by atoms with van der Waals surface area (Å²) < 4.78 is 152. The quantitative estimate of drug-likeness (QED) is 0.0600. The molecule has 0 spiro atoms. The van der Waals surface area contributed by atoms with Gasteiger partial charge in [-0.3, -0.25) is 4.55 Å². The number of allylic oxidation sites excluding steroid dienone is 2. The molecule has 2 aromatic carbocycles. The maximum atomic E-state index is 13.9. The standard InChI is InChI=1S/C31H34Cl2F6N4O6S2.Na/c1-3-40-26-18-22(32)20(30(34,35)36)16-24(26)42(12-5-7-14-50(44,45)46)28(40)10-9-11-29-41(4-2)27-19-23(33)21(31(37,38)39)17-25(27)43(29)13-6-8-15-51(47,48)49;/h9-11,16-19H,3-8,12-15H2,1-2H3,(H-,44,45,46,47,48,49);. The van der Waals surface area contributed by atoms with Crippen LogP contribution in [-0.4, -0.2) is 84.7 Å². The molecule has 21 heteroatoms. The molecular weight excluding hydrogens is 796 g/mol. The molecule has 0 saturated heterocycles. The van der Waals surface area contributed by atoms with Crippen LogP contribution in [0.3, 0.4) is 0 Å². The van der Waals surface area contributed by atoms with Crippen molar-refractivity contribution in [2.24, 2.45) is 0 Å². The third-order valence-electron chi connectivity index (χ3n) is 8.19. The van der Waals surface area contributed by atoms with Gasteiger partial charge < -0.3 is 14.4 Å². The molecule has 10 nitrogen and oxygen atoms in total. The second-order valence-electron chi connectivity index (χ2n) is 11.6. The van der Waals surface area contributed by atoms with Gasteiger partial charge in [0.1, 0.15) is 5.82 Å². The van der Waals surface area contributed by atoms with Gasteiger partial charge in [0.2, 0.25) is 0 Å². The number of halogens is 8. The zero-order valence-corrected chi connectivity index (χ0v) is 33.4. The van der Waals surface area contributed by atoms with E-state index in [4.69, 9.17) is 27.8 Å². The molecule has 283 valence electrons. The van der Waals surface area contributed by atoms with Crippen LogP contribution in [0.4, 0.5) is 37.7 Å². The predicted octanol–water partition coefficient (Wildman–Crippen LogP) is 7.11. The van der Waals surface area contributed by atoms with Crippen molar-refractivity contribution in [2.75, 3.05) is 34.4 Å². The van der Waals surface area contributed by atoms with Gasteiger partial charge in [-0.25, -0.2) is 17.6 Å². The SMILES string of the molecule is CCN1/C(=C/C=C\c2n(CC)c3cc(Cl)c(C(F)(F)F)cc3[n+]2CCCCS(=O)(=O)O)N(CCCCS(=O)(=O)[O-])c2cc(C(F)(F)F)c(Cl)cc21.[Na]. The van der Waals surface area contributed by atoms with Crippen LogP contribution in [0.1, 0.15) is 56.5 Å². The topological polar surface area (TPSA) is 127 Å². The number of rotatable bonds is 14. The maximum absolute atomic E-state index is 13.9. The minimum absolute atomic E-state index is 0. The second-order valence-corrected chi connectivity index (χ2v) is 15.5. The van der Waals surface area contributed by atoms with Crippen LogP contribution in [-0.2, 0) is 45.7 Å². The molecule has 3 aromatic rings. The Morgan fingerprint density at radius 3 is 1.96 bits per heavy atom. The molecule has 0 unspecified atom stereocenters. The maximum Gasteiger partial charge on any atom is 0.418 e. The van der Waals surface area contributed by atoms with Crippen LogP contribution in [0.2, 0.25) is 10.0 Å². The first-order valence-electron chi connectivity index (χ1n) is 15.6. The summed E-state index contributed by atoms with van der Waals surface area (Å²) >= 11 is 12.1. The number of nitrogens with zero attached hydrogens (tertiary/aromatic N) is 4. The molecule has 4 rings (SSSR count). The Balaban J connectivity index is 0.00000729. The summed E-state index contributed by atoms with van der Waals surface area (Å²) in [6, 6.07) is 4.17. The summed E-state index contributed by atoms with van der Waals surface area (Å²) in [5, 5.41) is -1.06.